The van der Waals surface area contributed by atoms with Crippen molar-refractivity contribution in [2.45, 2.75) is 31.9 Å². The highest BCUT2D eigenvalue weighted by atomic mass is 79.9. The van der Waals surface area contributed by atoms with Crippen LogP contribution in [0.5, 0.6) is 0 Å². The summed E-state index contributed by atoms with van der Waals surface area (Å²) < 4.78 is 26.4. The molecule has 0 amide bonds. The molecule has 3 nitrogen and oxygen atoms in total. The van der Waals surface area contributed by atoms with Crippen molar-refractivity contribution in [1.29, 1.82) is 0 Å². The van der Waals surface area contributed by atoms with E-state index in [0.29, 0.717) is 6.42 Å². The van der Waals surface area contributed by atoms with Crippen molar-refractivity contribution >= 4 is 15.9 Å². The topological polar surface area (TPSA) is 49.5 Å². The molecule has 20 heavy (non-hydrogen) atoms. The molecule has 0 bridgehead atoms. The van der Waals surface area contributed by atoms with Gasteiger partial charge in [0.15, 0.2) is 0 Å². The summed E-state index contributed by atoms with van der Waals surface area (Å²) in [5, 5.41) is 9.11. The fourth-order valence-electron chi connectivity index (χ4n) is 2.26. The van der Waals surface area contributed by atoms with Gasteiger partial charge in [0, 0.05) is 17.1 Å². The van der Waals surface area contributed by atoms with E-state index in [9.17, 15) is 8.78 Å². The van der Waals surface area contributed by atoms with Crippen LogP contribution >= 0.6 is 15.9 Å². The fraction of sp³-hybridized carbons (Fsp3) is 0.571. The van der Waals surface area contributed by atoms with Gasteiger partial charge in [-0.15, -0.1) is 0 Å². The van der Waals surface area contributed by atoms with E-state index in [1.807, 2.05) is 31.2 Å². The normalized spacial score (nSPS) is 14.8. The summed E-state index contributed by atoms with van der Waals surface area (Å²) in [5.74, 6) is 0. The second-order valence-electron chi connectivity index (χ2n) is 4.68. The van der Waals surface area contributed by atoms with Gasteiger partial charge in [0.2, 0.25) is 0 Å². The zero-order valence-electron chi connectivity index (χ0n) is 11.5. The molecule has 1 aromatic rings. The summed E-state index contributed by atoms with van der Waals surface area (Å²) in [6, 6.07) is 6.89. The molecule has 0 heterocycles. The molecule has 0 aliphatic rings. The number of aliphatic hydroxyl groups excluding tert-OH is 1. The quantitative estimate of drug-likeness (QED) is 0.757. The van der Waals surface area contributed by atoms with Crippen molar-refractivity contribution in [1.82, 2.24) is 4.90 Å². The number of nitrogens with two attached hydrogens (primary N) is 1. The number of hydrogen-bond donors (Lipinski definition) is 2. The van der Waals surface area contributed by atoms with Crippen LogP contribution in [0.25, 0.3) is 0 Å². The molecule has 0 saturated heterocycles. The Balaban J connectivity index is 3.04. The lowest BCUT2D eigenvalue weighted by molar-refractivity contribution is 0.0466. The Morgan fingerprint density at radius 2 is 1.90 bits per heavy atom. The Morgan fingerprint density at radius 1 is 1.30 bits per heavy atom. The van der Waals surface area contributed by atoms with E-state index in [-0.39, 0.29) is 25.2 Å². The molecular formula is C14H21BrF2N2O. The van der Waals surface area contributed by atoms with Gasteiger partial charge in [0.05, 0.1) is 19.2 Å². The van der Waals surface area contributed by atoms with Gasteiger partial charge in [-0.2, -0.15) is 0 Å². The van der Waals surface area contributed by atoms with Gasteiger partial charge in [0.25, 0.3) is 6.43 Å². The summed E-state index contributed by atoms with van der Waals surface area (Å²) >= 11 is 3.35. The zero-order chi connectivity index (χ0) is 15.1. The lowest BCUT2D eigenvalue weighted by Crippen LogP contribution is -2.44. The molecule has 0 aliphatic carbocycles. The lowest BCUT2D eigenvalue weighted by Gasteiger charge is -2.35. The van der Waals surface area contributed by atoms with E-state index in [0.717, 1.165) is 10.0 Å². The third-order valence-corrected chi connectivity index (χ3v) is 3.77. The number of rotatable bonds is 8. The van der Waals surface area contributed by atoms with Crippen molar-refractivity contribution in [3.8, 4) is 0 Å². The minimum atomic E-state index is -2.46. The third-order valence-electron chi connectivity index (χ3n) is 3.24. The standard InChI is InChI=1S/C14H21BrF2N2O/c1-2-12(18)14(10-3-5-11(15)6-4-10)19(7-8-20)9-13(16)17/h3-6,12-14,20H,2,7-9,18H2,1H3. The molecule has 6 heteroatoms. The summed E-state index contributed by atoms with van der Waals surface area (Å²) in [5.41, 5.74) is 7.00. The van der Waals surface area contributed by atoms with Gasteiger partial charge in [-0.05, 0) is 24.1 Å². The first kappa shape index (κ1) is 17.5. The summed E-state index contributed by atoms with van der Waals surface area (Å²) in [7, 11) is 0. The molecule has 114 valence electrons. The second kappa shape index (κ2) is 8.67. The highest BCUT2D eigenvalue weighted by molar-refractivity contribution is 9.10. The highest BCUT2D eigenvalue weighted by Crippen LogP contribution is 2.27. The van der Waals surface area contributed by atoms with Crippen molar-refractivity contribution in [3.05, 3.63) is 34.3 Å². The lowest BCUT2D eigenvalue weighted by atomic mass is 9.96. The number of aliphatic hydroxyl groups is 1. The summed E-state index contributed by atoms with van der Waals surface area (Å²) in [4.78, 5) is 1.56. The smallest absolute Gasteiger partial charge is 0.251 e. The highest BCUT2D eigenvalue weighted by Gasteiger charge is 2.27. The van der Waals surface area contributed by atoms with Crippen LogP contribution in [-0.4, -0.2) is 42.2 Å². The van der Waals surface area contributed by atoms with Gasteiger partial charge in [-0.1, -0.05) is 35.0 Å². The Kier molecular flexibility index (Phi) is 7.58. The molecule has 2 unspecified atom stereocenters. The van der Waals surface area contributed by atoms with E-state index in [1.54, 1.807) is 4.90 Å². The van der Waals surface area contributed by atoms with Gasteiger partial charge >= 0.3 is 0 Å². The first-order chi connectivity index (χ1) is 9.49. The van der Waals surface area contributed by atoms with Gasteiger partial charge < -0.3 is 10.8 Å². The Morgan fingerprint density at radius 3 is 2.35 bits per heavy atom. The Labute approximate surface area is 126 Å². The van der Waals surface area contributed by atoms with E-state index < -0.39 is 13.0 Å². The Hall–Kier alpha value is -0.560. The maximum absolute atomic E-state index is 12.7. The number of alkyl halides is 2. The van der Waals surface area contributed by atoms with Gasteiger partial charge in [0.1, 0.15) is 0 Å². The molecular weight excluding hydrogens is 330 g/mol. The number of hydrogen-bond acceptors (Lipinski definition) is 3. The number of benzene rings is 1. The van der Waals surface area contributed by atoms with Crippen LogP contribution in [0.1, 0.15) is 24.9 Å². The number of nitrogens with zero attached hydrogens (tertiary/aromatic N) is 1. The van der Waals surface area contributed by atoms with E-state index >= 15 is 0 Å². The van der Waals surface area contributed by atoms with Crippen LogP contribution in [0.2, 0.25) is 0 Å². The van der Waals surface area contributed by atoms with Gasteiger partial charge in [-0.25, -0.2) is 8.78 Å². The van der Waals surface area contributed by atoms with Crippen LogP contribution < -0.4 is 5.73 Å². The van der Waals surface area contributed by atoms with Gasteiger partial charge in [-0.3, -0.25) is 4.90 Å². The minimum Gasteiger partial charge on any atom is -0.395 e. The maximum Gasteiger partial charge on any atom is 0.251 e. The van der Waals surface area contributed by atoms with Crippen LogP contribution in [0, 0.1) is 0 Å². The molecule has 1 aromatic carbocycles. The molecule has 0 radical (unpaired) electrons. The van der Waals surface area contributed by atoms with Crippen LogP contribution in [-0.2, 0) is 0 Å². The van der Waals surface area contributed by atoms with Crippen LogP contribution in [0.4, 0.5) is 8.78 Å². The molecule has 3 N–H and O–H groups in total. The Bertz CT molecular complexity index is 389. The summed E-state index contributed by atoms with van der Waals surface area (Å²) in [6.07, 6.45) is -1.78. The van der Waals surface area contributed by atoms with Crippen molar-refractivity contribution in [2.24, 2.45) is 5.73 Å². The molecule has 0 saturated carbocycles. The predicted octanol–water partition coefficient (Wildman–Crippen LogP) is 2.79. The van der Waals surface area contributed by atoms with E-state index in [1.165, 1.54) is 0 Å². The van der Waals surface area contributed by atoms with Crippen LogP contribution in [0.15, 0.2) is 28.7 Å². The van der Waals surface area contributed by atoms with Crippen LogP contribution in [0.3, 0.4) is 0 Å². The fourth-order valence-corrected chi connectivity index (χ4v) is 2.53. The van der Waals surface area contributed by atoms with E-state index in [2.05, 4.69) is 15.9 Å². The molecule has 0 aliphatic heterocycles. The first-order valence-corrected chi connectivity index (χ1v) is 7.43. The maximum atomic E-state index is 12.7. The second-order valence-corrected chi connectivity index (χ2v) is 5.59. The van der Waals surface area contributed by atoms with Crippen molar-refractivity contribution < 1.29 is 13.9 Å². The number of halogens is 3. The molecule has 2 atom stereocenters. The summed E-state index contributed by atoms with van der Waals surface area (Å²) in [6.45, 7) is 1.54. The first-order valence-electron chi connectivity index (χ1n) is 6.63. The molecule has 0 spiro atoms. The minimum absolute atomic E-state index is 0.170. The zero-order valence-corrected chi connectivity index (χ0v) is 13.1. The van der Waals surface area contributed by atoms with E-state index in [4.69, 9.17) is 10.8 Å². The average molecular weight is 351 g/mol. The predicted molar refractivity (Wildman–Crippen MR) is 79.8 cm³/mol. The molecule has 1 rings (SSSR count). The third kappa shape index (κ3) is 5.09. The molecule has 0 fully saturated rings. The average Bonchev–Trinajstić information content (AvgIpc) is 2.40. The molecule has 0 aromatic heterocycles. The van der Waals surface area contributed by atoms with Crippen molar-refractivity contribution in [2.75, 3.05) is 19.7 Å². The largest absolute Gasteiger partial charge is 0.395 e. The van der Waals surface area contributed by atoms with Crippen molar-refractivity contribution in [3.63, 3.8) is 0 Å². The SMILES string of the molecule is CCC(N)C(c1ccc(Br)cc1)N(CCO)CC(F)F. The monoisotopic (exact) mass is 350 g/mol.